The normalized spacial score (nSPS) is 9.00. The summed E-state index contributed by atoms with van der Waals surface area (Å²) in [5, 5.41) is 8.33. The molecule has 4 nitrogen and oxygen atoms in total. The van der Waals surface area contributed by atoms with Crippen molar-refractivity contribution in [2.75, 3.05) is 0 Å². The summed E-state index contributed by atoms with van der Waals surface area (Å²) in [5.74, 6) is 0. The van der Waals surface area contributed by atoms with Gasteiger partial charge in [-0.3, -0.25) is 5.10 Å². The van der Waals surface area contributed by atoms with Gasteiger partial charge in [0, 0.05) is 11.1 Å². The molecule has 0 spiro atoms. The predicted molar refractivity (Wildman–Crippen MR) is 50.6 cm³/mol. The zero-order valence-corrected chi connectivity index (χ0v) is 8.00. The van der Waals surface area contributed by atoms with E-state index in [9.17, 15) is 0 Å². The Morgan fingerprint density at radius 3 is 2.57 bits per heavy atom. The van der Waals surface area contributed by atoms with Gasteiger partial charge in [-0.25, -0.2) is 0 Å². The molecule has 1 aromatic carbocycles. The Kier molecular flexibility index (Phi) is 3.15. The van der Waals surface area contributed by atoms with Crippen LogP contribution in [0.2, 0.25) is 0 Å². The highest BCUT2D eigenvalue weighted by molar-refractivity contribution is 5.81. The van der Waals surface area contributed by atoms with Gasteiger partial charge in [0.25, 0.3) is 0 Å². The molecule has 14 heavy (non-hydrogen) atoms. The molecule has 0 radical (unpaired) electrons. The number of carbonyl (C=O) groups excluding carboxylic acids is 2. The van der Waals surface area contributed by atoms with Crippen molar-refractivity contribution < 1.29 is 9.59 Å². The van der Waals surface area contributed by atoms with Gasteiger partial charge >= 0.3 is 6.15 Å². The summed E-state index contributed by atoms with van der Waals surface area (Å²) in [6.45, 7) is 4.11. The van der Waals surface area contributed by atoms with Gasteiger partial charge < -0.3 is 0 Å². The molecule has 0 atom stereocenters. The second-order valence-electron chi connectivity index (χ2n) is 2.95. The summed E-state index contributed by atoms with van der Waals surface area (Å²) < 4.78 is 0. The van der Waals surface area contributed by atoms with Crippen LogP contribution in [0.15, 0.2) is 18.2 Å². The third-order valence-corrected chi connectivity index (χ3v) is 1.90. The second-order valence-corrected chi connectivity index (χ2v) is 2.95. The molecule has 0 saturated carbocycles. The summed E-state index contributed by atoms with van der Waals surface area (Å²) in [5.41, 5.74) is 3.45. The molecule has 4 heteroatoms. The Morgan fingerprint density at radius 2 is 1.93 bits per heavy atom. The Morgan fingerprint density at radius 1 is 1.29 bits per heavy atom. The van der Waals surface area contributed by atoms with E-state index in [1.54, 1.807) is 0 Å². The minimum absolute atomic E-state index is 0.250. The van der Waals surface area contributed by atoms with E-state index in [0.717, 1.165) is 11.2 Å². The largest absolute Gasteiger partial charge is 0.373 e. The second kappa shape index (κ2) is 4.35. The average Bonchev–Trinajstić information content (AvgIpc) is 2.49. The van der Waals surface area contributed by atoms with Gasteiger partial charge in [0.1, 0.15) is 0 Å². The predicted octanol–water partition coefficient (Wildman–Crippen LogP) is 1.60. The highest BCUT2D eigenvalue weighted by atomic mass is 16.2. The number of aromatic amines is 1. The van der Waals surface area contributed by atoms with E-state index < -0.39 is 0 Å². The lowest BCUT2D eigenvalue weighted by Crippen LogP contribution is -1.71. The first kappa shape index (κ1) is 10.2. The summed E-state index contributed by atoms with van der Waals surface area (Å²) in [7, 11) is 0. The van der Waals surface area contributed by atoms with E-state index in [2.05, 4.69) is 35.3 Å². The summed E-state index contributed by atoms with van der Waals surface area (Å²) in [6, 6.07) is 6.28. The minimum atomic E-state index is 0.250. The fraction of sp³-hybridized carbons (Fsp3) is 0.200. The number of nitrogens with zero attached hydrogens (tertiary/aromatic N) is 1. The number of hydrogen-bond acceptors (Lipinski definition) is 3. The Hall–Kier alpha value is -1.93. The standard InChI is InChI=1S/C9H10N2.CO2/c1-6-3-4-8-7(2)10-11-9(8)5-6;2-1-3/h3-5H,1-2H3,(H,10,11);. The maximum absolute atomic E-state index is 8.12. The molecule has 0 saturated heterocycles. The van der Waals surface area contributed by atoms with E-state index in [1.165, 1.54) is 10.9 Å². The molecule has 0 bridgehead atoms. The number of H-pyrrole nitrogens is 1. The monoisotopic (exact) mass is 190 g/mol. The van der Waals surface area contributed by atoms with Crippen LogP contribution in [0.4, 0.5) is 0 Å². The van der Waals surface area contributed by atoms with Crippen LogP contribution >= 0.6 is 0 Å². The van der Waals surface area contributed by atoms with Crippen LogP contribution in [0.5, 0.6) is 0 Å². The van der Waals surface area contributed by atoms with E-state index in [1.807, 2.05) is 6.92 Å². The highest BCUT2D eigenvalue weighted by Gasteiger charge is 1.98. The Balaban J connectivity index is 0.000000293. The third kappa shape index (κ3) is 2.06. The quantitative estimate of drug-likeness (QED) is 0.686. The van der Waals surface area contributed by atoms with E-state index in [0.29, 0.717) is 0 Å². The molecule has 0 aliphatic rings. The number of aromatic nitrogens is 2. The molecule has 1 aromatic heterocycles. The zero-order valence-electron chi connectivity index (χ0n) is 8.00. The van der Waals surface area contributed by atoms with E-state index in [4.69, 9.17) is 9.59 Å². The number of hydrogen-bond donors (Lipinski definition) is 1. The molecular weight excluding hydrogens is 180 g/mol. The van der Waals surface area contributed by atoms with Crippen LogP contribution in [-0.2, 0) is 9.59 Å². The van der Waals surface area contributed by atoms with Crippen molar-refractivity contribution in [3.05, 3.63) is 29.5 Å². The molecule has 72 valence electrons. The fourth-order valence-corrected chi connectivity index (χ4v) is 1.26. The number of benzene rings is 1. The Labute approximate surface area is 80.9 Å². The van der Waals surface area contributed by atoms with Crippen molar-refractivity contribution in [2.24, 2.45) is 0 Å². The molecule has 0 aliphatic carbocycles. The lowest BCUT2D eigenvalue weighted by atomic mass is 10.1. The van der Waals surface area contributed by atoms with Crippen molar-refractivity contribution in [3.8, 4) is 0 Å². The van der Waals surface area contributed by atoms with Crippen molar-refractivity contribution in [2.45, 2.75) is 13.8 Å². The summed E-state index contributed by atoms with van der Waals surface area (Å²) >= 11 is 0. The summed E-state index contributed by atoms with van der Waals surface area (Å²) in [4.78, 5) is 16.2. The summed E-state index contributed by atoms with van der Waals surface area (Å²) in [6.07, 6.45) is 0.250. The van der Waals surface area contributed by atoms with Gasteiger partial charge in [0.05, 0.1) is 5.52 Å². The number of aryl methyl sites for hydroxylation is 2. The average molecular weight is 190 g/mol. The zero-order chi connectivity index (χ0) is 10.6. The van der Waals surface area contributed by atoms with Crippen molar-refractivity contribution in [1.29, 1.82) is 0 Å². The van der Waals surface area contributed by atoms with Crippen molar-refractivity contribution >= 4 is 17.1 Å². The van der Waals surface area contributed by atoms with Crippen LogP contribution in [0, 0.1) is 13.8 Å². The van der Waals surface area contributed by atoms with Crippen molar-refractivity contribution in [3.63, 3.8) is 0 Å². The SMILES string of the molecule is Cc1ccc2c(C)[nH]nc2c1.O=C=O. The topological polar surface area (TPSA) is 62.8 Å². The smallest absolute Gasteiger partial charge is 0.282 e. The van der Waals surface area contributed by atoms with Crippen LogP contribution in [0.25, 0.3) is 10.9 Å². The minimum Gasteiger partial charge on any atom is -0.282 e. The van der Waals surface area contributed by atoms with Crippen LogP contribution in [0.3, 0.4) is 0 Å². The lowest BCUT2D eigenvalue weighted by molar-refractivity contribution is -0.191. The van der Waals surface area contributed by atoms with E-state index >= 15 is 0 Å². The molecule has 1 heterocycles. The lowest BCUT2D eigenvalue weighted by Gasteiger charge is -1.90. The first-order valence-corrected chi connectivity index (χ1v) is 4.09. The maximum Gasteiger partial charge on any atom is 0.373 e. The fourth-order valence-electron chi connectivity index (χ4n) is 1.26. The van der Waals surface area contributed by atoms with Gasteiger partial charge in [0.2, 0.25) is 0 Å². The molecule has 0 unspecified atom stereocenters. The van der Waals surface area contributed by atoms with E-state index in [-0.39, 0.29) is 6.15 Å². The van der Waals surface area contributed by atoms with Gasteiger partial charge in [-0.2, -0.15) is 14.7 Å². The van der Waals surface area contributed by atoms with Gasteiger partial charge in [-0.15, -0.1) is 0 Å². The number of nitrogens with one attached hydrogen (secondary N) is 1. The number of fused-ring (bicyclic) bond motifs is 1. The van der Waals surface area contributed by atoms with Crippen LogP contribution in [0.1, 0.15) is 11.3 Å². The molecular formula is C10H10N2O2. The first-order valence-electron chi connectivity index (χ1n) is 4.09. The molecule has 0 fully saturated rings. The molecule has 1 N–H and O–H groups in total. The number of rotatable bonds is 0. The maximum atomic E-state index is 8.12. The van der Waals surface area contributed by atoms with Gasteiger partial charge in [0.15, 0.2) is 0 Å². The van der Waals surface area contributed by atoms with Crippen LogP contribution in [-0.4, -0.2) is 16.3 Å². The molecule has 2 rings (SSSR count). The third-order valence-electron chi connectivity index (χ3n) is 1.90. The van der Waals surface area contributed by atoms with Crippen LogP contribution < -0.4 is 0 Å². The first-order chi connectivity index (χ1) is 6.69. The molecule has 0 amide bonds. The van der Waals surface area contributed by atoms with Crippen molar-refractivity contribution in [1.82, 2.24) is 10.2 Å². The van der Waals surface area contributed by atoms with Gasteiger partial charge in [-0.1, -0.05) is 12.1 Å². The molecule has 0 aliphatic heterocycles. The molecule has 2 aromatic rings. The van der Waals surface area contributed by atoms with Gasteiger partial charge in [-0.05, 0) is 25.5 Å². The highest BCUT2D eigenvalue weighted by Crippen LogP contribution is 2.15. The Bertz CT molecular complexity index is 468.